The van der Waals surface area contributed by atoms with Crippen LogP contribution in [0.25, 0.3) is 56.7 Å². The first kappa shape index (κ1) is 56.1. The number of allylic oxidation sites excluding steroid dienone is 2. The fraction of sp³-hybridized carbons (Fsp3) is 0.444. The van der Waals surface area contributed by atoms with Crippen molar-refractivity contribution in [1.82, 2.24) is 0 Å². The Labute approximate surface area is 453 Å². The van der Waals surface area contributed by atoms with Gasteiger partial charge in [0.05, 0.1) is 0 Å². The van der Waals surface area contributed by atoms with Crippen molar-refractivity contribution in [3.05, 3.63) is 177 Å². The zero-order chi connectivity index (χ0) is 53.6. The summed E-state index contributed by atoms with van der Waals surface area (Å²) in [5.41, 5.74) is 26.5. The Kier molecular flexibility index (Phi) is 16.2. The van der Waals surface area contributed by atoms with Crippen molar-refractivity contribution >= 4 is 19.0 Å². The van der Waals surface area contributed by atoms with Gasteiger partial charge in [0, 0.05) is 0 Å². The molecule has 0 bridgehead atoms. The molecule has 6 aromatic carbocycles. The van der Waals surface area contributed by atoms with Gasteiger partial charge >= 0.3 is 457 Å². The van der Waals surface area contributed by atoms with Crippen LogP contribution in [0.2, 0.25) is 9.26 Å². The molecule has 390 valence electrons. The van der Waals surface area contributed by atoms with Crippen LogP contribution >= 0.6 is 0 Å². The van der Waals surface area contributed by atoms with Crippen LogP contribution in [-0.4, -0.2) is 6.88 Å². The van der Waals surface area contributed by atoms with Crippen molar-refractivity contribution in [1.29, 1.82) is 0 Å². The molecule has 74 heavy (non-hydrogen) atoms. The summed E-state index contributed by atoms with van der Waals surface area (Å²) in [5, 5.41) is 0. The first-order valence-electron chi connectivity index (χ1n) is 29.0. The van der Waals surface area contributed by atoms with Crippen LogP contribution in [0.3, 0.4) is 0 Å². The number of hydrogen-bond donors (Lipinski definition) is 0. The average Bonchev–Trinajstić information content (AvgIpc) is 3.94. The molecule has 2 atom stereocenters. The molecule has 0 heterocycles. The quantitative estimate of drug-likeness (QED) is 0.0669. The molecular formula is C72H94SiZr. The normalized spacial score (nSPS) is 16.3. The van der Waals surface area contributed by atoms with E-state index in [9.17, 15) is 0 Å². The fourth-order valence-corrected chi connectivity index (χ4v) is 32.6. The molecular weight excluding hydrogens is 984 g/mol. The second kappa shape index (κ2) is 21.4. The topological polar surface area (TPSA) is 0 Å². The second-order valence-electron chi connectivity index (χ2n) is 28.1. The van der Waals surface area contributed by atoms with Crippen molar-refractivity contribution in [2.75, 3.05) is 0 Å². The van der Waals surface area contributed by atoms with Crippen LogP contribution < -0.4 is 0 Å². The molecule has 0 saturated carbocycles. The van der Waals surface area contributed by atoms with Crippen LogP contribution in [0.5, 0.6) is 0 Å². The van der Waals surface area contributed by atoms with Crippen molar-refractivity contribution in [2.45, 2.75) is 199 Å². The minimum atomic E-state index is -4.35. The van der Waals surface area contributed by atoms with Crippen molar-refractivity contribution in [2.24, 2.45) is 0 Å². The third-order valence-corrected chi connectivity index (χ3v) is 34.7. The molecule has 0 N–H and O–H groups in total. The number of rotatable bonds is 16. The van der Waals surface area contributed by atoms with Gasteiger partial charge in [0.1, 0.15) is 0 Å². The number of benzene rings is 6. The molecule has 0 saturated heterocycles. The number of unbranched alkanes of at least 4 members (excludes halogenated alkanes) is 6. The van der Waals surface area contributed by atoms with Crippen LogP contribution in [0.1, 0.15) is 213 Å². The van der Waals surface area contributed by atoms with Gasteiger partial charge in [-0.05, 0) is 0 Å². The van der Waals surface area contributed by atoms with E-state index in [1.165, 1.54) is 129 Å². The van der Waals surface area contributed by atoms with E-state index in [0.29, 0.717) is 7.25 Å². The van der Waals surface area contributed by atoms with Crippen LogP contribution in [0, 0.1) is 0 Å². The van der Waals surface area contributed by atoms with Crippen LogP contribution in [0.15, 0.2) is 132 Å². The van der Waals surface area contributed by atoms with E-state index >= 15 is 0 Å². The zero-order valence-corrected chi connectivity index (χ0v) is 53.0. The molecule has 6 aromatic rings. The summed E-state index contributed by atoms with van der Waals surface area (Å²) in [4.78, 5) is 0. The van der Waals surface area contributed by atoms with Gasteiger partial charge in [0.15, 0.2) is 0 Å². The first-order valence-corrected chi connectivity index (χ1v) is 42.6. The van der Waals surface area contributed by atoms with Gasteiger partial charge < -0.3 is 0 Å². The second-order valence-corrected chi connectivity index (χ2v) is 58.6. The molecule has 0 fully saturated rings. The molecule has 2 heteroatoms. The fourth-order valence-electron chi connectivity index (χ4n) is 13.0. The van der Waals surface area contributed by atoms with Crippen molar-refractivity contribution < 1.29 is 17.4 Å². The van der Waals surface area contributed by atoms with E-state index in [2.05, 4.69) is 247 Å². The molecule has 8 rings (SSSR count). The Balaban J connectivity index is 1.43. The standard InChI is InChI=1S/2C35H43.2CH3.H2Si.Zr/c2*1-8-9-10-11-12-25-23-32-30(26-13-17-28(18-14-26)34(2,3)4)21-22-31(33(32)24-25)27-15-19-29(20-16-27)35(5,6)7;;;;/h2*13-24H,8-12H2,1-7H3;2*1H3;1H2;. The summed E-state index contributed by atoms with van der Waals surface area (Å²) in [6.07, 6.45) is 18.0. The van der Waals surface area contributed by atoms with E-state index < -0.39 is 17.4 Å². The minimum absolute atomic E-state index is 0.0836. The Bertz CT molecular complexity index is 2870. The maximum atomic E-state index is 2.92. The van der Waals surface area contributed by atoms with E-state index in [4.69, 9.17) is 0 Å². The Morgan fingerprint density at radius 1 is 0.351 bits per heavy atom. The van der Waals surface area contributed by atoms with Gasteiger partial charge in [-0.25, -0.2) is 0 Å². The molecule has 2 unspecified atom stereocenters. The third kappa shape index (κ3) is 11.6. The Morgan fingerprint density at radius 3 is 0.865 bits per heavy atom. The Hall–Kier alpha value is -4.10. The molecule has 0 amide bonds. The molecule has 2 aliphatic carbocycles. The van der Waals surface area contributed by atoms with Crippen molar-refractivity contribution in [3.8, 4) is 44.5 Å². The summed E-state index contributed by atoms with van der Waals surface area (Å²) in [7, 11) is 0. The predicted octanol–water partition coefficient (Wildman–Crippen LogP) is 21.4. The zero-order valence-electron chi connectivity index (χ0n) is 49.1. The van der Waals surface area contributed by atoms with Gasteiger partial charge in [-0.3, -0.25) is 0 Å². The first-order chi connectivity index (χ1) is 34.7. The maximum absolute atomic E-state index is 4.35. The summed E-state index contributed by atoms with van der Waals surface area (Å²) in [5.74, 6) is 0. The van der Waals surface area contributed by atoms with E-state index in [1.807, 2.05) is 0 Å². The van der Waals surface area contributed by atoms with E-state index in [1.54, 1.807) is 22.3 Å². The van der Waals surface area contributed by atoms with Gasteiger partial charge in [-0.1, -0.05) is 0 Å². The monoisotopic (exact) mass is 1080 g/mol. The molecule has 0 spiro atoms. The molecule has 0 nitrogen and oxygen atoms in total. The Morgan fingerprint density at radius 2 is 0.608 bits per heavy atom. The molecule has 0 aliphatic heterocycles. The van der Waals surface area contributed by atoms with Crippen LogP contribution in [0.4, 0.5) is 0 Å². The van der Waals surface area contributed by atoms with Gasteiger partial charge in [0.25, 0.3) is 0 Å². The number of fused-ring (bicyclic) bond motifs is 2. The van der Waals surface area contributed by atoms with Crippen LogP contribution in [-0.2, 0) is 39.1 Å². The molecule has 0 aromatic heterocycles. The predicted molar refractivity (Wildman–Crippen MR) is 329 cm³/mol. The van der Waals surface area contributed by atoms with Gasteiger partial charge in [0.2, 0.25) is 0 Å². The van der Waals surface area contributed by atoms with Crippen molar-refractivity contribution in [3.63, 3.8) is 0 Å². The van der Waals surface area contributed by atoms with Gasteiger partial charge in [-0.2, -0.15) is 0 Å². The van der Waals surface area contributed by atoms with Gasteiger partial charge in [-0.15, -0.1) is 0 Å². The molecule has 0 radical (unpaired) electrons. The summed E-state index contributed by atoms with van der Waals surface area (Å²) in [6.45, 7) is 35.3. The average molecular weight is 1080 g/mol. The molecule has 2 aliphatic rings. The summed E-state index contributed by atoms with van der Waals surface area (Å²) < 4.78 is 6.60. The SMILES string of the molecule is CCCCCCC1=Cc2c(-c3ccc(C(C)(C)C)cc3)ccc(-c3ccc(C(C)(C)C)cc3)c2[CH]1[Zr]([CH3])([CH3])(=[SiH2])[CH]1C(CCCCCC)=Cc2c(-c3ccc(C(C)(C)C)cc3)ccc(-c3ccc(C(C)(C)C)cc3)c21. The summed E-state index contributed by atoms with van der Waals surface area (Å²) in [6, 6.07) is 48.8. The van der Waals surface area contributed by atoms with E-state index in [-0.39, 0.29) is 21.7 Å². The number of hydrogen-bond acceptors (Lipinski definition) is 0. The third-order valence-electron chi connectivity index (χ3n) is 17.3. The summed E-state index contributed by atoms with van der Waals surface area (Å²) >= 11 is -4.35. The van der Waals surface area contributed by atoms with E-state index in [0.717, 1.165) is 12.8 Å².